The molecule has 0 bridgehead atoms. The van der Waals surface area contributed by atoms with Gasteiger partial charge in [0.2, 0.25) is 11.6 Å². The summed E-state index contributed by atoms with van der Waals surface area (Å²) in [6, 6.07) is 14.7. The SMILES string of the molecule is Cc1cccc(-c2nc(-c3c(Br)c(C(=O)CO)nn3-c3ccccc3Cl)no2)c1. The molecule has 1 N–H and O–H groups in total. The number of aromatic nitrogens is 4. The summed E-state index contributed by atoms with van der Waals surface area (Å²) in [6.45, 7) is 1.29. The monoisotopic (exact) mass is 472 g/mol. The average Bonchev–Trinajstić information content (AvgIpc) is 3.32. The van der Waals surface area contributed by atoms with Crippen LogP contribution in [0.3, 0.4) is 0 Å². The van der Waals surface area contributed by atoms with Gasteiger partial charge in [0.1, 0.15) is 18.0 Å². The molecule has 29 heavy (non-hydrogen) atoms. The van der Waals surface area contributed by atoms with Crippen molar-refractivity contribution in [2.45, 2.75) is 6.92 Å². The number of nitrogens with zero attached hydrogens (tertiary/aromatic N) is 4. The van der Waals surface area contributed by atoms with Crippen LogP contribution in [-0.2, 0) is 0 Å². The lowest BCUT2D eigenvalue weighted by molar-refractivity contribution is 0.0897. The van der Waals surface area contributed by atoms with Gasteiger partial charge in [-0.05, 0) is 47.1 Å². The molecule has 0 radical (unpaired) electrons. The van der Waals surface area contributed by atoms with E-state index < -0.39 is 12.4 Å². The van der Waals surface area contributed by atoms with Gasteiger partial charge in [-0.15, -0.1) is 0 Å². The molecule has 7 nitrogen and oxygen atoms in total. The van der Waals surface area contributed by atoms with E-state index in [4.69, 9.17) is 16.1 Å². The molecule has 9 heteroatoms. The summed E-state index contributed by atoms with van der Waals surface area (Å²) < 4.78 is 7.24. The van der Waals surface area contributed by atoms with Gasteiger partial charge in [-0.25, -0.2) is 4.68 Å². The maximum atomic E-state index is 12.2. The largest absolute Gasteiger partial charge is 0.388 e. The van der Waals surface area contributed by atoms with E-state index in [9.17, 15) is 9.90 Å². The van der Waals surface area contributed by atoms with Crippen LogP contribution in [0.5, 0.6) is 0 Å². The Kier molecular flexibility index (Phi) is 5.31. The van der Waals surface area contributed by atoms with Crippen LogP contribution >= 0.6 is 27.5 Å². The molecule has 0 atom stereocenters. The summed E-state index contributed by atoms with van der Waals surface area (Å²) >= 11 is 9.74. The molecule has 0 saturated heterocycles. The van der Waals surface area contributed by atoms with E-state index in [1.165, 1.54) is 4.68 Å². The predicted octanol–water partition coefficient (Wildman–Crippen LogP) is 4.49. The zero-order valence-electron chi connectivity index (χ0n) is 15.1. The molecule has 2 heterocycles. The number of ketones is 1. The number of halogens is 2. The third-order valence-corrected chi connectivity index (χ3v) is 5.29. The fourth-order valence-electron chi connectivity index (χ4n) is 2.86. The fraction of sp³-hybridized carbons (Fsp3) is 0.100. The normalized spacial score (nSPS) is 11.0. The minimum Gasteiger partial charge on any atom is -0.388 e. The molecule has 0 aliphatic rings. The number of hydrogen-bond acceptors (Lipinski definition) is 6. The van der Waals surface area contributed by atoms with E-state index in [0.29, 0.717) is 26.8 Å². The lowest BCUT2D eigenvalue weighted by atomic mass is 10.1. The standard InChI is InChI=1S/C20H14BrClN4O3/c1-11-5-4-6-12(9-11)20-23-19(25-29-20)18-16(21)17(15(28)10-27)24-26(18)14-8-3-2-7-13(14)22/h2-9,27H,10H2,1H3. The van der Waals surface area contributed by atoms with E-state index >= 15 is 0 Å². The molecule has 4 rings (SSSR count). The number of carbonyl (C=O) groups is 1. The van der Waals surface area contributed by atoms with Crippen molar-refractivity contribution in [3.63, 3.8) is 0 Å². The molecule has 2 aromatic carbocycles. The Labute approximate surface area is 179 Å². The lowest BCUT2D eigenvalue weighted by Crippen LogP contribution is -2.07. The number of aliphatic hydroxyl groups is 1. The summed E-state index contributed by atoms with van der Waals surface area (Å²) in [5.41, 5.74) is 2.79. The van der Waals surface area contributed by atoms with Crippen LogP contribution in [0.4, 0.5) is 0 Å². The second kappa shape index (κ2) is 7.90. The van der Waals surface area contributed by atoms with E-state index in [-0.39, 0.29) is 11.5 Å². The number of aryl methyl sites for hydroxylation is 1. The van der Waals surface area contributed by atoms with Gasteiger partial charge in [0.25, 0.3) is 5.89 Å². The number of Topliss-reactive ketones (excluding diaryl/α,β-unsaturated/α-hetero) is 1. The molecular weight excluding hydrogens is 460 g/mol. The van der Waals surface area contributed by atoms with Crippen molar-refractivity contribution in [2.24, 2.45) is 0 Å². The molecule has 2 aromatic heterocycles. The van der Waals surface area contributed by atoms with E-state index in [1.54, 1.807) is 24.3 Å². The van der Waals surface area contributed by atoms with Gasteiger partial charge in [0, 0.05) is 5.56 Å². The van der Waals surface area contributed by atoms with Crippen LogP contribution < -0.4 is 0 Å². The van der Waals surface area contributed by atoms with Crippen LogP contribution in [0.25, 0.3) is 28.7 Å². The highest BCUT2D eigenvalue weighted by atomic mass is 79.9. The minimum absolute atomic E-state index is 0.0457. The second-order valence-corrected chi connectivity index (χ2v) is 7.45. The van der Waals surface area contributed by atoms with Gasteiger partial charge in [-0.2, -0.15) is 10.1 Å². The van der Waals surface area contributed by atoms with Crippen molar-refractivity contribution in [1.29, 1.82) is 0 Å². The summed E-state index contributed by atoms with van der Waals surface area (Å²) in [5, 5.41) is 18.1. The van der Waals surface area contributed by atoms with E-state index in [1.807, 2.05) is 31.2 Å². The molecular formula is C20H14BrClN4O3. The smallest absolute Gasteiger partial charge is 0.258 e. The summed E-state index contributed by atoms with van der Waals surface area (Å²) in [6.07, 6.45) is 0. The Morgan fingerprint density at radius 1 is 1.24 bits per heavy atom. The van der Waals surface area contributed by atoms with E-state index in [0.717, 1.165) is 11.1 Å². The minimum atomic E-state index is -0.682. The topological polar surface area (TPSA) is 94.0 Å². The molecule has 0 fully saturated rings. The first-order valence-corrected chi connectivity index (χ1v) is 9.75. The summed E-state index contributed by atoms with van der Waals surface area (Å²) in [4.78, 5) is 16.6. The maximum Gasteiger partial charge on any atom is 0.258 e. The Bertz CT molecular complexity index is 1220. The quantitative estimate of drug-likeness (QED) is 0.429. The molecule has 4 aromatic rings. The highest BCUT2D eigenvalue weighted by Crippen LogP contribution is 2.35. The number of para-hydroxylation sites is 1. The number of carbonyl (C=O) groups excluding carboxylic acids is 1. The summed E-state index contributed by atoms with van der Waals surface area (Å²) in [7, 11) is 0. The predicted molar refractivity (Wildman–Crippen MR) is 111 cm³/mol. The van der Waals surface area contributed by atoms with Gasteiger partial charge < -0.3 is 9.63 Å². The first kappa shape index (κ1) is 19.5. The zero-order chi connectivity index (χ0) is 20.5. The molecule has 0 saturated carbocycles. The van der Waals surface area contributed by atoms with Crippen LogP contribution in [0.15, 0.2) is 57.5 Å². The van der Waals surface area contributed by atoms with Crippen LogP contribution in [0.1, 0.15) is 16.1 Å². The highest BCUT2D eigenvalue weighted by molar-refractivity contribution is 9.10. The number of hydrogen-bond donors (Lipinski definition) is 1. The zero-order valence-corrected chi connectivity index (χ0v) is 17.5. The third kappa shape index (κ3) is 3.62. The van der Waals surface area contributed by atoms with Crippen molar-refractivity contribution >= 4 is 33.3 Å². The third-order valence-electron chi connectivity index (χ3n) is 4.22. The summed E-state index contributed by atoms with van der Waals surface area (Å²) in [5.74, 6) is 0.00154. The van der Waals surface area contributed by atoms with Gasteiger partial charge in [0.05, 0.1) is 15.2 Å². The molecule has 0 aliphatic heterocycles. The second-order valence-electron chi connectivity index (χ2n) is 6.25. The fourth-order valence-corrected chi connectivity index (χ4v) is 3.72. The van der Waals surface area contributed by atoms with Crippen LogP contribution in [0.2, 0.25) is 5.02 Å². The van der Waals surface area contributed by atoms with Crippen LogP contribution in [0, 0.1) is 6.92 Å². The molecule has 0 spiro atoms. The molecule has 0 unspecified atom stereocenters. The Balaban J connectivity index is 1.90. The molecule has 0 amide bonds. The number of rotatable bonds is 5. The van der Waals surface area contributed by atoms with Crippen molar-refractivity contribution in [3.05, 3.63) is 69.3 Å². The highest BCUT2D eigenvalue weighted by Gasteiger charge is 2.27. The van der Waals surface area contributed by atoms with Crippen molar-refractivity contribution < 1.29 is 14.4 Å². The van der Waals surface area contributed by atoms with Gasteiger partial charge >= 0.3 is 0 Å². The van der Waals surface area contributed by atoms with E-state index in [2.05, 4.69) is 31.2 Å². The van der Waals surface area contributed by atoms with Crippen molar-refractivity contribution in [1.82, 2.24) is 19.9 Å². The van der Waals surface area contributed by atoms with Crippen LogP contribution in [-0.4, -0.2) is 37.4 Å². The number of benzene rings is 2. The molecule has 146 valence electrons. The van der Waals surface area contributed by atoms with Gasteiger partial charge in [-0.3, -0.25) is 4.79 Å². The average molecular weight is 474 g/mol. The first-order valence-electron chi connectivity index (χ1n) is 8.58. The first-order chi connectivity index (χ1) is 14.0. The molecule has 0 aliphatic carbocycles. The van der Waals surface area contributed by atoms with Crippen molar-refractivity contribution in [2.75, 3.05) is 6.61 Å². The Morgan fingerprint density at radius 2 is 2.03 bits per heavy atom. The van der Waals surface area contributed by atoms with Gasteiger partial charge in [0.15, 0.2) is 0 Å². The van der Waals surface area contributed by atoms with Crippen molar-refractivity contribution in [3.8, 4) is 28.7 Å². The maximum absolute atomic E-state index is 12.2. The van der Waals surface area contributed by atoms with Gasteiger partial charge in [-0.1, -0.05) is 46.6 Å². The Morgan fingerprint density at radius 3 is 2.76 bits per heavy atom. The number of aliphatic hydroxyl groups excluding tert-OH is 1. The Hall–Kier alpha value is -2.81. The lowest BCUT2D eigenvalue weighted by Gasteiger charge is -2.06.